The van der Waals surface area contributed by atoms with E-state index in [1.165, 1.54) is 0 Å². The molecule has 5 nitrogen and oxygen atoms in total. The molecule has 1 aliphatic rings. The molecule has 0 unspecified atom stereocenters. The highest BCUT2D eigenvalue weighted by atomic mass is 16.3. The van der Waals surface area contributed by atoms with E-state index in [0.717, 1.165) is 19.4 Å². The van der Waals surface area contributed by atoms with Gasteiger partial charge in [-0.3, -0.25) is 4.79 Å². The third kappa shape index (κ3) is 2.56. The van der Waals surface area contributed by atoms with E-state index in [1.807, 2.05) is 25.8 Å². The molecule has 1 aromatic rings. The Bertz CT molecular complexity index is 464. The molecule has 5 heteroatoms. The number of aliphatic hydroxyl groups excluding tert-OH is 1. The molecule has 0 spiro atoms. The summed E-state index contributed by atoms with van der Waals surface area (Å²) in [7, 11) is 1.89. The average molecular weight is 251 g/mol. The Morgan fingerprint density at radius 1 is 1.56 bits per heavy atom. The number of hydrogen-bond donors (Lipinski definition) is 1. The van der Waals surface area contributed by atoms with Gasteiger partial charge in [0.15, 0.2) is 5.82 Å². The monoisotopic (exact) mass is 251 g/mol. The van der Waals surface area contributed by atoms with E-state index in [4.69, 9.17) is 0 Å². The van der Waals surface area contributed by atoms with Crippen molar-refractivity contribution in [2.45, 2.75) is 38.8 Å². The summed E-state index contributed by atoms with van der Waals surface area (Å²) in [6.45, 7) is 4.74. The van der Waals surface area contributed by atoms with Gasteiger partial charge in [-0.2, -0.15) is 0 Å². The largest absolute Gasteiger partial charge is 0.393 e. The molecule has 0 aliphatic heterocycles. The highest BCUT2D eigenvalue weighted by Crippen LogP contribution is 2.28. The molecule has 18 heavy (non-hydrogen) atoms. The number of aliphatic hydroxyl groups is 1. The van der Waals surface area contributed by atoms with Gasteiger partial charge in [-0.05, 0) is 32.6 Å². The molecule has 0 aromatic carbocycles. The molecule has 1 fully saturated rings. The van der Waals surface area contributed by atoms with Gasteiger partial charge < -0.3 is 14.6 Å². The summed E-state index contributed by atoms with van der Waals surface area (Å²) < 4.78 is 1.69. The van der Waals surface area contributed by atoms with Crippen molar-refractivity contribution in [1.29, 1.82) is 0 Å². The molecule has 0 amide bonds. The quantitative estimate of drug-likeness (QED) is 0.868. The summed E-state index contributed by atoms with van der Waals surface area (Å²) in [6.07, 6.45) is 4.89. The van der Waals surface area contributed by atoms with Gasteiger partial charge in [-0.25, -0.2) is 4.98 Å². The normalized spacial score (nSPS) is 22.9. The molecule has 0 radical (unpaired) electrons. The van der Waals surface area contributed by atoms with Gasteiger partial charge in [-0.1, -0.05) is 0 Å². The Morgan fingerprint density at radius 2 is 2.22 bits per heavy atom. The molecule has 1 N–H and O–H groups in total. The summed E-state index contributed by atoms with van der Waals surface area (Å²) >= 11 is 0. The zero-order chi connectivity index (χ0) is 13.3. The smallest absolute Gasteiger partial charge is 0.293 e. The van der Waals surface area contributed by atoms with Crippen LogP contribution in [0.5, 0.6) is 0 Å². The second-order valence-corrected chi connectivity index (χ2v) is 5.43. The van der Waals surface area contributed by atoms with Crippen LogP contribution in [0.15, 0.2) is 17.2 Å². The van der Waals surface area contributed by atoms with E-state index in [0.29, 0.717) is 11.7 Å². The van der Waals surface area contributed by atoms with Crippen LogP contribution in [0.3, 0.4) is 0 Å². The minimum atomic E-state index is -0.153. The minimum Gasteiger partial charge on any atom is -0.393 e. The third-order valence-corrected chi connectivity index (χ3v) is 3.51. The summed E-state index contributed by atoms with van der Waals surface area (Å²) in [4.78, 5) is 18.3. The third-order valence-electron chi connectivity index (χ3n) is 3.51. The Kier molecular flexibility index (Phi) is 3.71. The van der Waals surface area contributed by atoms with Crippen LogP contribution in [0, 0.1) is 5.92 Å². The summed E-state index contributed by atoms with van der Waals surface area (Å²) in [5.74, 6) is 0.964. The molecule has 1 aliphatic carbocycles. The first-order valence-corrected chi connectivity index (χ1v) is 6.45. The summed E-state index contributed by atoms with van der Waals surface area (Å²) in [5.41, 5.74) is -0.0464. The zero-order valence-electron chi connectivity index (χ0n) is 11.2. The Balaban J connectivity index is 2.12. The van der Waals surface area contributed by atoms with Crippen LogP contribution in [0.25, 0.3) is 0 Å². The maximum atomic E-state index is 12.2. The number of rotatable bonds is 4. The van der Waals surface area contributed by atoms with Crippen LogP contribution in [-0.2, 0) is 0 Å². The van der Waals surface area contributed by atoms with E-state index < -0.39 is 0 Å². The molecule has 1 heterocycles. The van der Waals surface area contributed by atoms with Crippen LogP contribution in [0.4, 0.5) is 5.82 Å². The first kappa shape index (κ1) is 13.1. The van der Waals surface area contributed by atoms with E-state index in [-0.39, 0.29) is 17.7 Å². The van der Waals surface area contributed by atoms with Crippen molar-refractivity contribution < 1.29 is 5.11 Å². The van der Waals surface area contributed by atoms with Crippen molar-refractivity contribution in [2.75, 3.05) is 18.5 Å². The fraction of sp³-hybridized carbons (Fsp3) is 0.692. The number of hydrogen-bond acceptors (Lipinski definition) is 4. The lowest BCUT2D eigenvalue weighted by Gasteiger charge is -2.34. The van der Waals surface area contributed by atoms with Gasteiger partial charge in [0, 0.05) is 32.0 Å². The predicted molar refractivity (Wildman–Crippen MR) is 70.9 cm³/mol. The van der Waals surface area contributed by atoms with E-state index in [1.54, 1.807) is 17.0 Å². The lowest BCUT2D eigenvalue weighted by molar-refractivity contribution is 0.0464. The molecule has 0 bridgehead atoms. The van der Waals surface area contributed by atoms with Crippen LogP contribution in [0.2, 0.25) is 0 Å². The minimum absolute atomic E-state index is 0.0464. The topological polar surface area (TPSA) is 58.4 Å². The van der Waals surface area contributed by atoms with Crippen molar-refractivity contribution in [3.63, 3.8) is 0 Å². The zero-order valence-corrected chi connectivity index (χ0v) is 11.2. The van der Waals surface area contributed by atoms with Gasteiger partial charge in [0.05, 0.1) is 6.10 Å². The van der Waals surface area contributed by atoms with E-state index in [2.05, 4.69) is 4.98 Å². The highest BCUT2D eigenvalue weighted by molar-refractivity contribution is 5.34. The Hall–Kier alpha value is -1.36. The molecular formula is C13H21N3O2. The molecule has 1 aromatic heterocycles. The summed E-state index contributed by atoms with van der Waals surface area (Å²) in [5, 5.41) is 9.27. The van der Waals surface area contributed by atoms with Gasteiger partial charge in [-0.15, -0.1) is 0 Å². The molecular weight excluding hydrogens is 230 g/mol. The first-order chi connectivity index (χ1) is 8.49. The maximum Gasteiger partial charge on any atom is 0.293 e. The number of nitrogens with zero attached hydrogens (tertiary/aromatic N) is 3. The molecule has 0 atom stereocenters. The van der Waals surface area contributed by atoms with E-state index >= 15 is 0 Å². The van der Waals surface area contributed by atoms with Crippen molar-refractivity contribution in [2.24, 2.45) is 5.92 Å². The summed E-state index contributed by atoms with van der Waals surface area (Å²) in [6, 6.07) is 0.137. The standard InChI is InChI=1S/C13H21N3O2/c1-9(2)16-5-4-14-12(13(16)18)15(3)8-10-6-11(17)7-10/h4-5,9-11,17H,6-8H2,1-3H3. The average Bonchev–Trinajstić information content (AvgIpc) is 2.26. The van der Waals surface area contributed by atoms with Crippen molar-refractivity contribution in [3.8, 4) is 0 Å². The van der Waals surface area contributed by atoms with E-state index in [9.17, 15) is 9.90 Å². The van der Waals surface area contributed by atoms with Crippen LogP contribution in [0.1, 0.15) is 32.7 Å². The second-order valence-electron chi connectivity index (χ2n) is 5.43. The lowest BCUT2D eigenvalue weighted by Crippen LogP contribution is -2.40. The second kappa shape index (κ2) is 5.10. The molecule has 1 saturated carbocycles. The van der Waals surface area contributed by atoms with Gasteiger partial charge >= 0.3 is 0 Å². The fourth-order valence-corrected chi connectivity index (χ4v) is 2.41. The number of anilines is 1. The SMILES string of the molecule is CC(C)n1ccnc(N(C)CC2CC(O)C2)c1=O. The molecule has 2 rings (SSSR count). The molecule has 100 valence electrons. The highest BCUT2D eigenvalue weighted by Gasteiger charge is 2.28. The van der Waals surface area contributed by atoms with Crippen LogP contribution >= 0.6 is 0 Å². The first-order valence-electron chi connectivity index (χ1n) is 6.45. The van der Waals surface area contributed by atoms with Crippen LogP contribution in [-0.4, -0.2) is 34.4 Å². The van der Waals surface area contributed by atoms with Gasteiger partial charge in [0.1, 0.15) is 0 Å². The van der Waals surface area contributed by atoms with Crippen molar-refractivity contribution in [1.82, 2.24) is 9.55 Å². The fourth-order valence-electron chi connectivity index (χ4n) is 2.41. The lowest BCUT2D eigenvalue weighted by atomic mass is 9.82. The van der Waals surface area contributed by atoms with Gasteiger partial charge in [0.25, 0.3) is 5.56 Å². The Morgan fingerprint density at radius 3 is 2.78 bits per heavy atom. The molecule has 0 saturated heterocycles. The maximum absolute atomic E-state index is 12.2. The van der Waals surface area contributed by atoms with Crippen LogP contribution < -0.4 is 10.5 Å². The van der Waals surface area contributed by atoms with Crippen molar-refractivity contribution in [3.05, 3.63) is 22.7 Å². The Labute approximate surface area is 107 Å². The number of aromatic nitrogens is 2. The van der Waals surface area contributed by atoms with Crippen molar-refractivity contribution >= 4 is 5.82 Å². The van der Waals surface area contributed by atoms with Gasteiger partial charge in [0.2, 0.25) is 0 Å². The predicted octanol–water partition coefficient (Wildman–Crippen LogP) is 1.03.